The van der Waals surface area contributed by atoms with E-state index >= 15 is 0 Å². The van der Waals surface area contributed by atoms with Crippen molar-refractivity contribution in [3.8, 4) is 0 Å². The van der Waals surface area contributed by atoms with Gasteiger partial charge < -0.3 is 9.42 Å². The number of nitrogens with zero attached hydrogens (tertiary/aromatic N) is 6. The minimum Gasteiger partial charge on any atom is -0.360 e. The number of amides is 2. The third-order valence-electron chi connectivity index (χ3n) is 4.88. The van der Waals surface area contributed by atoms with E-state index in [4.69, 9.17) is 4.52 Å². The molecule has 0 radical (unpaired) electrons. The Balaban J connectivity index is 1.47. The first-order valence-corrected chi connectivity index (χ1v) is 9.73. The summed E-state index contributed by atoms with van der Waals surface area (Å²) in [5.41, 5.74) is 1.09. The SMILES string of the molecule is Cc1noc(C)c1S(=O)(=O)N1CC(n2cc(N3CCN(C)C3=O)cn2)C1. The van der Waals surface area contributed by atoms with Crippen molar-refractivity contribution in [1.29, 1.82) is 0 Å². The molecule has 2 aromatic heterocycles. The maximum Gasteiger partial charge on any atom is 0.324 e. The summed E-state index contributed by atoms with van der Waals surface area (Å²) in [7, 11) is -1.86. The normalized spacial score (nSPS) is 19.4. The molecule has 4 rings (SSSR count). The van der Waals surface area contributed by atoms with Crippen molar-refractivity contribution in [3.05, 3.63) is 23.8 Å². The number of sulfonamides is 1. The lowest BCUT2D eigenvalue weighted by molar-refractivity contribution is 0.191. The molecule has 140 valence electrons. The molecule has 2 aliphatic heterocycles. The zero-order chi connectivity index (χ0) is 18.6. The number of urea groups is 1. The van der Waals surface area contributed by atoms with Gasteiger partial charge >= 0.3 is 6.03 Å². The molecule has 0 N–H and O–H groups in total. The fraction of sp³-hybridized carbons (Fsp3) is 0.533. The second-order valence-electron chi connectivity index (χ2n) is 6.66. The first kappa shape index (κ1) is 17.0. The predicted octanol–water partition coefficient (Wildman–Crippen LogP) is 0.605. The minimum atomic E-state index is -3.62. The van der Waals surface area contributed by atoms with Crippen LogP contribution in [0.25, 0.3) is 0 Å². The Morgan fingerprint density at radius 1 is 1.23 bits per heavy atom. The monoisotopic (exact) mass is 380 g/mol. The number of carbonyl (C=O) groups excluding carboxylic acids is 1. The molecule has 0 bridgehead atoms. The van der Waals surface area contributed by atoms with Crippen LogP contribution in [0.4, 0.5) is 10.5 Å². The molecule has 11 heteroatoms. The largest absolute Gasteiger partial charge is 0.360 e. The highest BCUT2D eigenvalue weighted by molar-refractivity contribution is 7.89. The Bertz CT molecular complexity index is 939. The quantitative estimate of drug-likeness (QED) is 0.769. The Labute approximate surface area is 151 Å². The summed E-state index contributed by atoms with van der Waals surface area (Å²) in [6.07, 6.45) is 3.43. The van der Waals surface area contributed by atoms with Crippen molar-refractivity contribution in [2.45, 2.75) is 24.8 Å². The lowest BCUT2D eigenvalue weighted by Gasteiger charge is -2.37. The van der Waals surface area contributed by atoms with E-state index in [0.29, 0.717) is 37.6 Å². The molecule has 2 fully saturated rings. The number of carbonyl (C=O) groups is 1. The van der Waals surface area contributed by atoms with Gasteiger partial charge in [-0.1, -0.05) is 5.16 Å². The molecule has 0 aliphatic carbocycles. The van der Waals surface area contributed by atoms with Gasteiger partial charge in [0.1, 0.15) is 10.6 Å². The van der Waals surface area contributed by atoms with E-state index in [1.807, 2.05) is 0 Å². The number of aryl methyl sites for hydroxylation is 2. The number of hydrogen-bond donors (Lipinski definition) is 0. The summed E-state index contributed by atoms with van der Waals surface area (Å²) in [5, 5.41) is 8.03. The maximum atomic E-state index is 12.7. The summed E-state index contributed by atoms with van der Waals surface area (Å²) in [5.74, 6) is 0.295. The third-order valence-corrected chi connectivity index (χ3v) is 6.96. The van der Waals surface area contributed by atoms with Gasteiger partial charge in [0.25, 0.3) is 0 Å². The highest BCUT2D eigenvalue weighted by Crippen LogP contribution is 2.31. The van der Waals surface area contributed by atoms with Crippen LogP contribution >= 0.6 is 0 Å². The van der Waals surface area contributed by atoms with Crippen molar-refractivity contribution in [3.63, 3.8) is 0 Å². The zero-order valence-corrected chi connectivity index (χ0v) is 15.6. The van der Waals surface area contributed by atoms with Crippen molar-refractivity contribution >= 4 is 21.7 Å². The molecule has 0 atom stereocenters. The standard InChI is InChI=1S/C15H20N6O4S/c1-10-14(11(2)25-17-10)26(23,24)19-7-13(8-19)21-9-12(6-16-21)20-5-4-18(3)15(20)22/h6,9,13H,4-5,7-8H2,1-3H3. The van der Waals surface area contributed by atoms with Crippen LogP contribution in [-0.4, -0.2) is 71.8 Å². The van der Waals surface area contributed by atoms with Gasteiger partial charge in [0.2, 0.25) is 10.0 Å². The highest BCUT2D eigenvalue weighted by atomic mass is 32.2. The Morgan fingerprint density at radius 3 is 2.54 bits per heavy atom. The van der Waals surface area contributed by atoms with E-state index in [2.05, 4.69) is 10.3 Å². The molecule has 10 nitrogen and oxygen atoms in total. The summed E-state index contributed by atoms with van der Waals surface area (Å²) < 4.78 is 33.5. The van der Waals surface area contributed by atoms with Crippen LogP contribution in [0.3, 0.4) is 0 Å². The van der Waals surface area contributed by atoms with Crippen LogP contribution in [0.5, 0.6) is 0 Å². The van der Waals surface area contributed by atoms with Crippen molar-refractivity contribution in [1.82, 2.24) is 24.1 Å². The maximum absolute atomic E-state index is 12.7. The topological polar surface area (TPSA) is 105 Å². The van der Waals surface area contributed by atoms with E-state index in [0.717, 1.165) is 5.69 Å². The average molecular weight is 380 g/mol. The Kier molecular flexibility index (Phi) is 3.81. The van der Waals surface area contributed by atoms with E-state index in [1.54, 1.807) is 47.8 Å². The highest BCUT2D eigenvalue weighted by Gasteiger charge is 2.41. The number of anilines is 1. The number of hydrogen-bond acceptors (Lipinski definition) is 6. The molecule has 4 heterocycles. The third kappa shape index (κ3) is 2.50. The molecule has 0 unspecified atom stereocenters. The lowest BCUT2D eigenvalue weighted by Crippen LogP contribution is -2.50. The molecule has 0 aromatic carbocycles. The van der Waals surface area contributed by atoms with Crippen LogP contribution in [0.15, 0.2) is 21.8 Å². The summed E-state index contributed by atoms with van der Waals surface area (Å²) in [6.45, 7) is 5.15. The zero-order valence-electron chi connectivity index (χ0n) is 14.8. The van der Waals surface area contributed by atoms with Gasteiger partial charge in [0.05, 0.1) is 17.9 Å². The van der Waals surface area contributed by atoms with Gasteiger partial charge in [-0.05, 0) is 13.8 Å². The number of aromatic nitrogens is 3. The van der Waals surface area contributed by atoms with Crippen LogP contribution in [-0.2, 0) is 10.0 Å². The predicted molar refractivity (Wildman–Crippen MR) is 91.4 cm³/mol. The molecule has 26 heavy (non-hydrogen) atoms. The molecular formula is C15H20N6O4S. The first-order chi connectivity index (χ1) is 12.3. The van der Waals surface area contributed by atoms with Crippen LogP contribution < -0.4 is 4.90 Å². The minimum absolute atomic E-state index is 0.0548. The lowest BCUT2D eigenvalue weighted by atomic mass is 10.2. The van der Waals surface area contributed by atoms with Crippen LogP contribution in [0.1, 0.15) is 17.5 Å². The van der Waals surface area contributed by atoms with Crippen LogP contribution in [0, 0.1) is 13.8 Å². The van der Waals surface area contributed by atoms with Gasteiger partial charge in [-0.25, -0.2) is 13.2 Å². The molecule has 2 aromatic rings. The van der Waals surface area contributed by atoms with E-state index < -0.39 is 10.0 Å². The molecule has 2 saturated heterocycles. The fourth-order valence-electron chi connectivity index (χ4n) is 3.31. The molecule has 2 aliphatic rings. The smallest absolute Gasteiger partial charge is 0.324 e. The van der Waals surface area contributed by atoms with Crippen molar-refractivity contribution in [2.24, 2.45) is 0 Å². The number of likely N-dealkylation sites (N-methyl/N-ethyl adjacent to an activating group) is 1. The molecule has 0 spiro atoms. The Hall–Kier alpha value is -2.40. The van der Waals surface area contributed by atoms with E-state index in [1.165, 1.54) is 4.31 Å². The molecular weight excluding hydrogens is 360 g/mol. The number of rotatable bonds is 4. The van der Waals surface area contributed by atoms with Crippen molar-refractivity contribution < 1.29 is 17.7 Å². The van der Waals surface area contributed by atoms with Crippen LogP contribution in [0.2, 0.25) is 0 Å². The van der Waals surface area contributed by atoms with Gasteiger partial charge in [-0.3, -0.25) is 9.58 Å². The second-order valence-corrected chi connectivity index (χ2v) is 8.54. The Morgan fingerprint density at radius 2 is 1.96 bits per heavy atom. The second kappa shape index (κ2) is 5.81. The van der Waals surface area contributed by atoms with E-state index in [9.17, 15) is 13.2 Å². The average Bonchev–Trinajstić information content (AvgIpc) is 3.20. The summed E-state index contributed by atoms with van der Waals surface area (Å²) >= 11 is 0. The van der Waals surface area contributed by atoms with Gasteiger partial charge in [0.15, 0.2) is 5.76 Å². The fourth-order valence-corrected chi connectivity index (χ4v) is 5.11. The molecule has 0 saturated carbocycles. The van der Waals surface area contributed by atoms with Gasteiger partial charge in [-0.2, -0.15) is 9.40 Å². The van der Waals surface area contributed by atoms with Gasteiger partial charge in [-0.15, -0.1) is 0 Å². The van der Waals surface area contributed by atoms with Gasteiger partial charge in [0, 0.05) is 39.4 Å². The summed E-state index contributed by atoms with van der Waals surface area (Å²) in [6, 6.07) is -0.116. The van der Waals surface area contributed by atoms with Crippen molar-refractivity contribution in [2.75, 3.05) is 38.1 Å². The molecule has 2 amide bonds. The summed E-state index contributed by atoms with van der Waals surface area (Å²) in [4.78, 5) is 15.5. The van der Waals surface area contributed by atoms with E-state index in [-0.39, 0.29) is 17.0 Å². The first-order valence-electron chi connectivity index (χ1n) is 8.29.